The Morgan fingerprint density at radius 1 is 0.930 bits per heavy atom. The minimum absolute atomic E-state index is 0.174. The van der Waals surface area contributed by atoms with Crippen molar-refractivity contribution in [2.24, 2.45) is 5.92 Å². The number of hydrogen-bond acceptors (Lipinski definition) is 9. The third-order valence-corrected chi connectivity index (χ3v) is 15.7. The first-order valence-corrected chi connectivity index (χ1v) is 23.2. The second-order valence-corrected chi connectivity index (χ2v) is 19.8. The highest BCUT2D eigenvalue weighted by Crippen LogP contribution is 2.46. The predicted octanol–water partition coefficient (Wildman–Crippen LogP) is 5.89. The maximum absolute atomic E-state index is 14.8. The lowest BCUT2D eigenvalue weighted by Gasteiger charge is -2.35. The normalized spacial score (nSPS) is 29.1. The molecule has 3 N–H and O–H groups in total. The van der Waals surface area contributed by atoms with Gasteiger partial charge in [-0.15, -0.1) is 11.3 Å². The lowest BCUT2D eigenvalue weighted by molar-refractivity contribution is -0.141. The van der Waals surface area contributed by atoms with Crippen molar-refractivity contribution in [3.8, 4) is 10.4 Å². The number of carbonyl (C=O) groups excluding carboxylic acids is 4. The zero-order valence-corrected chi connectivity index (χ0v) is 33.8. The fourth-order valence-electron chi connectivity index (χ4n) is 9.61. The van der Waals surface area contributed by atoms with Crippen molar-refractivity contribution < 1.29 is 32.3 Å². The van der Waals surface area contributed by atoms with Crippen LogP contribution in [-0.4, -0.2) is 83.6 Å². The molecule has 3 aromatic rings. The van der Waals surface area contributed by atoms with Crippen LogP contribution in [0.4, 0.5) is 4.79 Å². The van der Waals surface area contributed by atoms with Crippen molar-refractivity contribution >= 4 is 55.9 Å². The van der Waals surface area contributed by atoms with Crippen molar-refractivity contribution in [3.05, 3.63) is 71.1 Å². The minimum Gasteiger partial charge on any atom is -0.446 e. The van der Waals surface area contributed by atoms with E-state index in [0.29, 0.717) is 45.2 Å². The number of ether oxygens (including phenoxy) is 1. The van der Waals surface area contributed by atoms with Crippen LogP contribution in [0.3, 0.4) is 0 Å². The summed E-state index contributed by atoms with van der Waals surface area (Å²) in [4.78, 5) is 61.8. The quantitative estimate of drug-likeness (QED) is 0.250. The molecule has 1 aromatic heterocycles. The predicted molar refractivity (Wildman–Crippen MR) is 217 cm³/mol. The molecule has 14 heteroatoms. The fourth-order valence-corrected chi connectivity index (χ4v) is 11.7. The number of allylic oxidation sites excluding steroid dienone is 1. The highest BCUT2D eigenvalue weighted by molar-refractivity contribution is 7.91. The third-order valence-electron chi connectivity index (χ3n) is 13.0. The average molecular weight is 814 g/mol. The van der Waals surface area contributed by atoms with Gasteiger partial charge in [-0.2, -0.15) is 0 Å². The van der Waals surface area contributed by atoms with Crippen LogP contribution in [0.5, 0.6) is 0 Å². The Labute approximate surface area is 337 Å². The standard InChI is InChI=1S/C43H51N5O7S2/c49-39-36-22-30(47-24-28-11-8-10-27-17-20-33(34(26-47)38(27)28)37-16-9-21-56-37)25-48(36)40(50)35(44-42(52)55-31-13-6-7-14-31)15-5-3-1-2-4-12-29-23-43(29,45-39)41(51)46-57(53,54)32-18-19-32/h4,8-12,16-17,20-21,29-32,35-36H,1-3,5-7,13-15,18-19,22-26H2,(H,44,52)(H,45,49)(H,46,51)/b12-4+/t29?,30-,35?,36?,43?/m1/s1. The Morgan fingerprint density at radius 3 is 2.54 bits per heavy atom. The number of amides is 4. The van der Waals surface area contributed by atoms with Crippen molar-refractivity contribution in [3.63, 3.8) is 0 Å². The summed E-state index contributed by atoms with van der Waals surface area (Å²) in [6.07, 6.45) is 11.8. The molecule has 4 unspecified atom stereocenters. The van der Waals surface area contributed by atoms with Crippen LogP contribution in [0.1, 0.15) is 94.6 Å². The van der Waals surface area contributed by atoms with Crippen LogP contribution < -0.4 is 15.4 Å². The van der Waals surface area contributed by atoms with Gasteiger partial charge in [0.1, 0.15) is 23.7 Å². The van der Waals surface area contributed by atoms with Crippen molar-refractivity contribution in [2.45, 2.75) is 132 Å². The fraction of sp³-hybridized carbons (Fsp3) is 0.535. The molecule has 1 saturated heterocycles. The van der Waals surface area contributed by atoms with Crippen LogP contribution in [0.25, 0.3) is 21.2 Å². The Kier molecular flexibility index (Phi) is 10.4. The highest BCUT2D eigenvalue weighted by atomic mass is 32.2. The topological polar surface area (TPSA) is 154 Å². The minimum atomic E-state index is -3.87. The van der Waals surface area contributed by atoms with E-state index in [0.717, 1.165) is 44.9 Å². The number of nitrogens with one attached hydrogen (secondary N) is 3. The summed E-state index contributed by atoms with van der Waals surface area (Å²) in [5.74, 6) is -1.96. The molecule has 4 amide bonds. The largest absolute Gasteiger partial charge is 0.446 e. The Bertz CT molecular complexity index is 2200. The van der Waals surface area contributed by atoms with Crippen molar-refractivity contribution in [1.29, 1.82) is 0 Å². The van der Waals surface area contributed by atoms with Crippen LogP contribution in [0.2, 0.25) is 0 Å². The van der Waals surface area contributed by atoms with E-state index >= 15 is 0 Å². The Balaban J connectivity index is 1.03. The molecular formula is C43H51N5O7S2. The van der Waals surface area contributed by atoms with Crippen LogP contribution in [0, 0.1) is 5.92 Å². The highest BCUT2D eigenvalue weighted by Gasteiger charge is 2.62. The van der Waals surface area contributed by atoms with E-state index in [-0.39, 0.29) is 36.9 Å². The molecule has 302 valence electrons. The maximum Gasteiger partial charge on any atom is 0.408 e. The van der Waals surface area contributed by atoms with E-state index in [1.54, 1.807) is 16.2 Å². The van der Waals surface area contributed by atoms with Crippen LogP contribution in [-0.2, 0) is 42.2 Å². The molecule has 57 heavy (non-hydrogen) atoms. The number of carbonyl (C=O) groups is 4. The molecule has 0 bridgehead atoms. The van der Waals surface area contributed by atoms with Gasteiger partial charge in [0.25, 0.3) is 5.91 Å². The lowest BCUT2D eigenvalue weighted by Crippen LogP contribution is -2.58. The molecule has 2 aromatic carbocycles. The molecule has 6 aliphatic rings. The molecule has 12 nitrogen and oxygen atoms in total. The molecule has 0 radical (unpaired) electrons. The summed E-state index contributed by atoms with van der Waals surface area (Å²) >= 11 is 1.70. The van der Waals surface area contributed by atoms with Gasteiger partial charge < -0.3 is 20.3 Å². The van der Waals surface area contributed by atoms with E-state index in [2.05, 4.69) is 68.1 Å². The second-order valence-electron chi connectivity index (χ2n) is 16.9. The van der Waals surface area contributed by atoms with Gasteiger partial charge in [0.15, 0.2) is 0 Å². The summed E-state index contributed by atoms with van der Waals surface area (Å²) < 4.78 is 33.9. The number of rotatable bonds is 7. The SMILES string of the molecule is O=C(NC1CCCCC/C=C/C2CC2(C(=O)NS(=O)(=O)C2CC2)NC(=O)C2C[C@@H](N3Cc4cccc5ccc(-c6cccs6)c(c45)C3)CN2C1=O)OC1CCCC1. The first kappa shape index (κ1) is 38.3. The van der Waals surface area contributed by atoms with Gasteiger partial charge in [-0.05, 0) is 110 Å². The molecule has 3 saturated carbocycles. The number of sulfonamides is 1. The molecule has 3 aliphatic heterocycles. The molecule has 4 heterocycles. The summed E-state index contributed by atoms with van der Waals surface area (Å²) in [6, 6.07) is 12.8. The molecule has 9 rings (SSSR count). The third kappa shape index (κ3) is 7.72. The van der Waals surface area contributed by atoms with Gasteiger partial charge in [0.05, 0.1) is 5.25 Å². The number of hydrogen-bond donors (Lipinski definition) is 3. The summed E-state index contributed by atoms with van der Waals surface area (Å²) in [7, 11) is -3.87. The molecule has 3 aliphatic carbocycles. The summed E-state index contributed by atoms with van der Waals surface area (Å²) in [6.45, 7) is 1.50. The summed E-state index contributed by atoms with van der Waals surface area (Å²) in [5.41, 5.74) is 2.12. The van der Waals surface area contributed by atoms with Gasteiger partial charge in [-0.3, -0.25) is 24.0 Å². The number of alkyl carbamates (subject to hydrolysis) is 1. The monoisotopic (exact) mass is 813 g/mol. The van der Waals surface area contributed by atoms with Gasteiger partial charge in [-0.1, -0.05) is 61.4 Å². The van der Waals surface area contributed by atoms with Crippen molar-refractivity contribution in [1.82, 2.24) is 25.2 Å². The van der Waals surface area contributed by atoms with Gasteiger partial charge in [0, 0.05) is 36.5 Å². The number of benzene rings is 2. The number of fused-ring (bicyclic) bond motifs is 2. The first-order valence-electron chi connectivity index (χ1n) is 20.7. The van der Waals surface area contributed by atoms with E-state index in [1.165, 1.54) is 32.3 Å². The second kappa shape index (κ2) is 15.5. The smallest absolute Gasteiger partial charge is 0.408 e. The lowest BCUT2D eigenvalue weighted by atomic mass is 9.90. The molecular weight excluding hydrogens is 763 g/mol. The van der Waals surface area contributed by atoms with E-state index < -0.39 is 50.8 Å². The Morgan fingerprint density at radius 2 is 1.75 bits per heavy atom. The molecule has 0 spiro atoms. The number of nitrogens with zero attached hydrogens (tertiary/aromatic N) is 2. The van der Waals surface area contributed by atoms with E-state index in [4.69, 9.17) is 4.74 Å². The Hall–Kier alpha value is -4.27. The summed E-state index contributed by atoms with van der Waals surface area (Å²) in [5, 5.41) is 9.81. The maximum atomic E-state index is 14.8. The van der Waals surface area contributed by atoms with Gasteiger partial charge in [-0.25, -0.2) is 13.2 Å². The van der Waals surface area contributed by atoms with Crippen LogP contribution >= 0.6 is 11.3 Å². The average Bonchev–Trinajstić information content (AvgIpc) is 3.92. The van der Waals surface area contributed by atoms with E-state index in [1.807, 2.05) is 12.2 Å². The van der Waals surface area contributed by atoms with Gasteiger partial charge in [0.2, 0.25) is 21.8 Å². The number of thiophene rings is 1. The molecule has 4 fully saturated rings. The zero-order valence-electron chi connectivity index (χ0n) is 32.1. The van der Waals surface area contributed by atoms with E-state index in [9.17, 15) is 27.6 Å². The first-order chi connectivity index (χ1) is 27.6. The van der Waals surface area contributed by atoms with Gasteiger partial charge >= 0.3 is 6.09 Å². The van der Waals surface area contributed by atoms with Crippen LogP contribution in [0.15, 0.2) is 60.0 Å². The van der Waals surface area contributed by atoms with Crippen molar-refractivity contribution in [2.75, 3.05) is 6.54 Å². The molecule has 5 atom stereocenters. The zero-order chi connectivity index (χ0) is 39.3.